The monoisotopic (exact) mass is 432 g/mol. The number of ether oxygens (including phenoxy) is 1. The van der Waals surface area contributed by atoms with Gasteiger partial charge in [0, 0.05) is 12.8 Å². The van der Waals surface area contributed by atoms with E-state index >= 15 is 0 Å². The van der Waals surface area contributed by atoms with E-state index in [-0.39, 0.29) is 30.0 Å². The minimum atomic E-state index is -4.96. The second kappa shape index (κ2) is 7.98. The summed E-state index contributed by atoms with van der Waals surface area (Å²) in [7, 11) is 0. The summed E-state index contributed by atoms with van der Waals surface area (Å²) in [4.78, 5) is 16.4. The first-order valence-electron chi connectivity index (χ1n) is 8.53. The van der Waals surface area contributed by atoms with Crippen LogP contribution in [0.4, 0.5) is 26.3 Å². The maximum absolute atomic E-state index is 13.6. The number of aliphatic hydroxyl groups excluding tert-OH is 1. The number of aliphatic hydroxyl groups is 1. The molecule has 3 rings (SSSR count). The van der Waals surface area contributed by atoms with E-state index in [1.165, 1.54) is 18.3 Å². The molecule has 11 heteroatoms. The summed E-state index contributed by atoms with van der Waals surface area (Å²) in [6.45, 7) is -1.79. The van der Waals surface area contributed by atoms with Crippen LogP contribution in [0.5, 0.6) is 5.75 Å². The fourth-order valence-corrected chi connectivity index (χ4v) is 2.81. The van der Waals surface area contributed by atoms with Crippen LogP contribution in [0.3, 0.4) is 0 Å². The number of aromatic nitrogens is 2. The average Bonchev–Trinajstić information content (AvgIpc) is 2.66. The van der Waals surface area contributed by atoms with Crippen molar-refractivity contribution in [1.82, 2.24) is 9.38 Å². The predicted octanol–water partition coefficient (Wildman–Crippen LogP) is 3.86. The van der Waals surface area contributed by atoms with Crippen LogP contribution in [0.25, 0.3) is 16.8 Å². The molecule has 0 saturated carbocycles. The molecule has 5 nitrogen and oxygen atoms in total. The second-order valence-corrected chi connectivity index (χ2v) is 6.30. The number of alkyl halides is 6. The summed E-state index contributed by atoms with van der Waals surface area (Å²) in [5.74, 6) is -0.216. The number of nitrogens with zero attached hydrogens (tertiary/aromatic N) is 2. The molecule has 2 aromatic heterocycles. The van der Waals surface area contributed by atoms with Crippen molar-refractivity contribution in [3.8, 4) is 16.9 Å². The van der Waals surface area contributed by atoms with Crippen molar-refractivity contribution in [2.24, 2.45) is 0 Å². The van der Waals surface area contributed by atoms with Crippen LogP contribution in [0, 0.1) is 0 Å². The van der Waals surface area contributed by atoms with Gasteiger partial charge in [0.05, 0.1) is 5.56 Å². The number of fused-ring (bicyclic) bond motifs is 1. The van der Waals surface area contributed by atoms with Crippen LogP contribution in [0.15, 0.2) is 47.4 Å². The van der Waals surface area contributed by atoms with Gasteiger partial charge in [-0.05, 0) is 41.8 Å². The standard InChI is InChI=1S/C19H14F6N2O3/c20-18(21,22)10-30-13-3-1-12(2-4-13)15-16(19(23,24)25)26-14-9-11(6-8-28)5-7-27(14)17(15)29/h1-5,7,9,28H,6,8,10H2. The lowest BCUT2D eigenvalue weighted by Gasteiger charge is -2.14. The Morgan fingerprint density at radius 3 is 2.27 bits per heavy atom. The SMILES string of the molecule is O=c1c(-c2ccc(OCC(F)(F)F)cc2)c(C(F)(F)F)nc2cc(CCO)ccn12. The minimum absolute atomic E-state index is 0.173. The van der Waals surface area contributed by atoms with Crippen LogP contribution in [0.1, 0.15) is 11.3 Å². The van der Waals surface area contributed by atoms with E-state index in [1.807, 2.05) is 0 Å². The zero-order chi connectivity index (χ0) is 22.1. The van der Waals surface area contributed by atoms with Crippen molar-refractivity contribution in [1.29, 1.82) is 0 Å². The third-order valence-corrected chi connectivity index (χ3v) is 4.11. The molecule has 0 fully saturated rings. The van der Waals surface area contributed by atoms with E-state index in [1.54, 1.807) is 0 Å². The number of hydrogen-bond acceptors (Lipinski definition) is 4. The molecule has 0 atom stereocenters. The van der Waals surface area contributed by atoms with E-state index in [0.717, 1.165) is 28.7 Å². The normalized spacial score (nSPS) is 12.4. The highest BCUT2D eigenvalue weighted by molar-refractivity contribution is 5.68. The molecule has 0 unspecified atom stereocenters. The smallest absolute Gasteiger partial charge is 0.434 e. The summed E-state index contributed by atoms with van der Waals surface area (Å²) in [5, 5.41) is 8.99. The van der Waals surface area contributed by atoms with Crippen molar-refractivity contribution >= 4 is 5.65 Å². The Hall–Kier alpha value is -3.08. The van der Waals surface area contributed by atoms with Gasteiger partial charge in [-0.2, -0.15) is 26.3 Å². The Morgan fingerprint density at radius 1 is 1.03 bits per heavy atom. The molecule has 0 aliphatic rings. The van der Waals surface area contributed by atoms with Crippen LogP contribution in [-0.4, -0.2) is 33.9 Å². The minimum Gasteiger partial charge on any atom is -0.484 e. The zero-order valence-corrected chi connectivity index (χ0v) is 15.1. The highest BCUT2D eigenvalue weighted by Crippen LogP contribution is 2.35. The van der Waals surface area contributed by atoms with Crippen LogP contribution in [-0.2, 0) is 12.6 Å². The number of rotatable bonds is 5. The van der Waals surface area contributed by atoms with Gasteiger partial charge in [-0.15, -0.1) is 0 Å². The number of hydrogen-bond donors (Lipinski definition) is 1. The largest absolute Gasteiger partial charge is 0.484 e. The fourth-order valence-electron chi connectivity index (χ4n) is 2.81. The number of benzene rings is 1. The third kappa shape index (κ3) is 4.73. The molecule has 1 N–H and O–H groups in total. The second-order valence-electron chi connectivity index (χ2n) is 6.30. The molecule has 0 saturated heterocycles. The van der Waals surface area contributed by atoms with Gasteiger partial charge in [0.2, 0.25) is 0 Å². The Morgan fingerprint density at radius 2 is 1.70 bits per heavy atom. The summed E-state index contributed by atoms with van der Waals surface area (Å²) >= 11 is 0. The quantitative estimate of drug-likeness (QED) is 0.622. The van der Waals surface area contributed by atoms with Gasteiger partial charge < -0.3 is 9.84 Å². The molecule has 3 aromatic rings. The van der Waals surface area contributed by atoms with E-state index in [9.17, 15) is 31.1 Å². The Kier molecular flexibility index (Phi) is 5.75. The summed E-state index contributed by atoms with van der Waals surface area (Å²) < 4.78 is 83.0. The highest BCUT2D eigenvalue weighted by atomic mass is 19.4. The summed E-state index contributed by atoms with van der Waals surface area (Å²) in [6, 6.07) is 6.94. The van der Waals surface area contributed by atoms with Gasteiger partial charge >= 0.3 is 12.4 Å². The first-order valence-corrected chi connectivity index (χ1v) is 8.53. The molecule has 0 aliphatic carbocycles. The molecular weight excluding hydrogens is 418 g/mol. The lowest BCUT2D eigenvalue weighted by molar-refractivity contribution is -0.153. The number of halogens is 6. The lowest BCUT2D eigenvalue weighted by Crippen LogP contribution is -2.24. The van der Waals surface area contributed by atoms with Gasteiger partial charge in [0.1, 0.15) is 11.4 Å². The lowest BCUT2D eigenvalue weighted by atomic mass is 10.0. The van der Waals surface area contributed by atoms with Crippen LogP contribution in [0.2, 0.25) is 0 Å². The van der Waals surface area contributed by atoms with Gasteiger partial charge in [0.15, 0.2) is 12.3 Å². The molecule has 0 spiro atoms. The first-order chi connectivity index (χ1) is 14.0. The Bertz CT molecular complexity index is 1100. The Labute approximate surface area is 165 Å². The molecule has 0 amide bonds. The molecular formula is C19H14F6N2O3. The molecule has 160 valence electrons. The first kappa shape index (κ1) is 21.6. The summed E-state index contributed by atoms with van der Waals surface area (Å²) in [5.41, 5.74) is -3.07. The van der Waals surface area contributed by atoms with E-state index < -0.39 is 35.8 Å². The van der Waals surface area contributed by atoms with Gasteiger partial charge in [-0.25, -0.2) is 4.98 Å². The molecule has 2 heterocycles. The van der Waals surface area contributed by atoms with Crippen molar-refractivity contribution in [2.45, 2.75) is 18.8 Å². The maximum Gasteiger partial charge on any atom is 0.434 e. The molecule has 0 bridgehead atoms. The van der Waals surface area contributed by atoms with E-state index in [2.05, 4.69) is 9.72 Å². The third-order valence-electron chi connectivity index (χ3n) is 4.11. The van der Waals surface area contributed by atoms with Gasteiger partial charge in [0.25, 0.3) is 5.56 Å². The average molecular weight is 432 g/mol. The fraction of sp³-hybridized carbons (Fsp3) is 0.263. The summed E-state index contributed by atoms with van der Waals surface area (Å²) in [6.07, 6.45) is -8.10. The topological polar surface area (TPSA) is 63.8 Å². The van der Waals surface area contributed by atoms with Crippen molar-refractivity contribution in [3.05, 3.63) is 64.2 Å². The predicted molar refractivity (Wildman–Crippen MR) is 94.2 cm³/mol. The van der Waals surface area contributed by atoms with E-state index in [0.29, 0.717) is 5.56 Å². The number of pyridine rings is 1. The van der Waals surface area contributed by atoms with Gasteiger partial charge in [-0.1, -0.05) is 12.1 Å². The van der Waals surface area contributed by atoms with E-state index in [4.69, 9.17) is 5.11 Å². The van der Waals surface area contributed by atoms with Crippen molar-refractivity contribution in [3.63, 3.8) is 0 Å². The zero-order valence-electron chi connectivity index (χ0n) is 15.1. The Balaban J connectivity index is 2.11. The van der Waals surface area contributed by atoms with Crippen molar-refractivity contribution < 1.29 is 36.2 Å². The molecule has 0 radical (unpaired) electrons. The van der Waals surface area contributed by atoms with Crippen LogP contribution < -0.4 is 10.3 Å². The van der Waals surface area contributed by atoms with Crippen molar-refractivity contribution in [2.75, 3.05) is 13.2 Å². The maximum atomic E-state index is 13.6. The molecule has 30 heavy (non-hydrogen) atoms. The van der Waals surface area contributed by atoms with Crippen LogP contribution >= 0.6 is 0 Å². The molecule has 1 aromatic carbocycles. The van der Waals surface area contributed by atoms with Gasteiger partial charge in [-0.3, -0.25) is 9.20 Å². The molecule has 0 aliphatic heterocycles. The highest BCUT2D eigenvalue weighted by Gasteiger charge is 2.38.